The van der Waals surface area contributed by atoms with Gasteiger partial charge in [0.05, 0.1) is 12.6 Å². The van der Waals surface area contributed by atoms with Crippen LogP contribution in [0.2, 0.25) is 0 Å². The molecule has 0 aromatic carbocycles. The van der Waals surface area contributed by atoms with Crippen molar-refractivity contribution in [3.8, 4) is 0 Å². The van der Waals surface area contributed by atoms with Gasteiger partial charge in [0.15, 0.2) is 0 Å². The Morgan fingerprint density at radius 1 is 1.38 bits per heavy atom. The van der Waals surface area contributed by atoms with Crippen LogP contribution in [0.4, 0.5) is 0 Å². The number of carbonyl (C=O) groups excluding carboxylic acids is 1. The minimum absolute atomic E-state index is 0. The largest absolute Gasteiger partial charge is 0.822 e. The third-order valence-electron chi connectivity index (χ3n) is 0.445. The van der Waals surface area contributed by atoms with Crippen molar-refractivity contribution < 1.29 is 56.4 Å². The van der Waals surface area contributed by atoms with Crippen LogP contribution in [0, 0.1) is 0 Å². The Morgan fingerprint density at radius 2 is 1.62 bits per heavy atom. The number of phosphoric acid groups is 1. The molecule has 0 amide bonds. The average Bonchev–Trinajstić information content (AvgIpc) is 1.82. The predicted octanol–water partition coefficient (Wildman–Crippen LogP) is -5.74. The van der Waals surface area contributed by atoms with Gasteiger partial charge < -0.3 is 39.4 Å². The van der Waals surface area contributed by atoms with Gasteiger partial charge in [-0.1, -0.05) is 0 Å². The summed E-state index contributed by atoms with van der Waals surface area (Å²) in [6, 6.07) is 0. The summed E-state index contributed by atoms with van der Waals surface area (Å²) in [5.74, 6) is -1.65. The number of carboxylic acid groups (broad SMARTS) is 1. The topological polar surface area (TPSA) is 167 Å². The first-order valence-electron chi connectivity index (χ1n) is 2.41. The summed E-state index contributed by atoms with van der Waals surface area (Å²) < 4.78 is 8.55. The molecule has 0 aromatic heterocycles. The molecule has 0 saturated carbocycles. The zero-order valence-electron chi connectivity index (χ0n) is 5.88. The van der Waals surface area contributed by atoms with E-state index in [1.807, 2.05) is 0 Å². The van der Waals surface area contributed by atoms with Gasteiger partial charge in [-0.15, -0.1) is 0 Å². The van der Waals surface area contributed by atoms with Crippen molar-refractivity contribution >= 4 is 13.8 Å². The zero-order chi connectivity index (χ0) is 10.4. The van der Waals surface area contributed by atoms with Crippen LogP contribution in [-0.4, -0.2) is 28.9 Å². The van der Waals surface area contributed by atoms with Crippen LogP contribution in [-0.2, 0) is 26.4 Å². The first-order chi connectivity index (χ1) is 5.18. The molecule has 0 bridgehead atoms. The van der Waals surface area contributed by atoms with Crippen molar-refractivity contribution in [2.24, 2.45) is 0 Å². The second-order valence-electron chi connectivity index (χ2n) is 1.46. The number of aliphatic carboxylic acids is 1. The molecule has 1 atom stereocenters. The van der Waals surface area contributed by atoms with E-state index in [-0.39, 0.29) is 17.1 Å². The van der Waals surface area contributed by atoms with E-state index in [0.717, 1.165) is 0 Å². The van der Waals surface area contributed by atoms with Gasteiger partial charge in [0.25, 0.3) is 0 Å². The number of aliphatic hydroxyl groups excluding tert-OH is 2. The van der Waals surface area contributed by atoms with Crippen LogP contribution in [0.25, 0.3) is 0 Å². The Morgan fingerprint density at radius 3 is 1.62 bits per heavy atom. The van der Waals surface area contributed by atoms with E-state index in [4.69, 9.17) is 29.5 Å². The Hall–Kier alpha value is 0.0195. The molecule has 1 unspecified atom stereocenters. The molecule has 0 heterocycles. The van der Waals surface area contributed by atoms with Gasteiger partial charge in [0, 0.05) is 17.1 Å². The van der Waals surface area contributed by atoms with Gasteiger partial charge >= 0.3 is 0 Å². The van der Waals surface area contributed by atoms with Gasteiger partial charge in [-0.05, 0) is 0 Å². The molecule has 85 valence electrons. The smallest absolute Gasteiger partial charge is 0.116 e. The summed E-state index contributed by atoms with van der Waals surface area (Å²) in [5.41, 5.74) is 0. The van der Waals surface area contributed by atoms with E-state index < -0.39 is 26.5 Å². The van der Waals surface area contributed by atoms with E-state index in [2.05, 4.69) is 0 Å². The maximum atomic E-state index is 9.41. The summed E-state index contributed by atoms with van der Waals surface area (Å²) in [7, 11) is -5.39. The predicted molar refractivity (Wildman–Crippen MR) is 25.7 cm³/mol. The number of rotatable bonds is 2. The summed E-state index contributed by atoms with van der Waals surface area (Å²) >= 11 is 0. The van der Waals surface area contributed by atoms with Crippen molar-refractivity contribution in [3.05, 3.63) is 0 Å². The molecule has 8 nitrogen and oxygen atoms in total. The van der Waals surface area contributed by atoms with Crippen LogP contribution < -0.4 is 19.8 Å². The molecular weight excluding hydrogens is 259 g/mol. The number of carboxylic acids is 1. The number of hydrogen-bond acceptors (Lipinski definition) is 8. The fourth-order valence-electron chi connectivity index (χ4n) is 0.0745. The monoisotopic (exact) mass is 263 g/mol. The van der Waals surface area contributed by atoms with Crippen LogP contribution in [0.1, 0.15) is 0 Å². The molecule has 0 spiro atoms. The van der Waals surface area contributed by atoms with E-state index in [9.17, 15) is 9.90 Å². The van der Waals surface area contributed by atoms with E-state index in [1.54, 1.807) is 0 Å². The number of hydrogen-bond donors (Lipinski definition) is 2. The van der Waals surface area contributed by atoms with Crippen molar-refractivity contribution in [2.45, 2.75) is 6.10 Å². The van der Waals surface area contributed by atoms with Crippen molar-refractivity contribution in [2.75, 3.05) is 6.61 Å². The summed E-state index contributed by atoms with van der Waals surface area (Å²) in [5, 5.41) is 25.3. The molecule has 2 N–H and O–H groups in total. The average molecular weight is 264 g/mol. The molecule has 0 aliphatic carbocycles. The third kappa shape index (κ3) is 33.3. The van der Waals surface area contributed by atoms with Gasteiger partial charge in [-0.3, -0.25) is 0 Å². The number of carbonyl (C=O) groups is 1. The Labute approximate surface area is 83.5 Å². The SMILES string of the molecule is O=C([O-])C(O)CO.O=P([O-])([O-])[O-].[Cu]. The molecule has 1 radical (unpaired) electrons. The molecule has 0 aromatic rings. The molecule has 0 aliphatic heterocycles. The first-order valence-corrected chi connectivity index (χ1v) is 3.87. The van der Waals surface area contributed by atoms with Crippen LogP contribution in [0.15, 0.2) is 0 Å². The van der Waals surface area contributed by atoms with Gasteiger partial charge in [0.1, 0.15) is 6.10 Å². The molecular formula is C3H5CuO8P-4. The molecule has 13 heavy (non-hydrogen) atoms. The van der Waals surface area contributed by atoms with Crippen LogP contribution >= 0.6 is 7.82 Å². The number of aliphatic hydroxyl groups is 2. The maximum Gasteiger partial charge on any atom is 0.116 e. The van der Waals surface area contributed by atoms with Crippen molar-refractivity contribution in [3.63, 3.8) is 0 Å². The maximum absolute atomic E-state index is 9.41. The normalized spacial score (nSPS) is 11.8. The van der Waals surface area contributed by atoms with Gasteiger partial charge in [-0.25, -0.2) is 0 Å². The fraction of sp³-hybridized carbons (Fsp3) is 0.667. The second-order valence-corrected chi connectivity index (χ2v) is 2.36. The molecule has 0 aliphatic rings. The molecule has 10 heteroatoms. The van der Waals surface area contributed by atoms with Gasteiger partial charge in [0.2, 0.25) is 0 Å². The molecule has 0 rings (SSSR count). The first kappa shape index (κ1) is 18.7. The standard InChI is InChI=1S/C3H6O4.Cu.H3O4P/c4-1-2(5)3(6)7;;1-5(2,3)4/h2,4-5H,1H2,(H,6,7);;(H3,1,2,3,4)/p-4. The van der Waals surface area contributed by atoms with E-state index >= 15 is 0 Å². The molecule has 0 saturated heterocycles. The van der Waals surface area contributed by atoms with Crippen LogP contribution in [0.5, 0.6) is 0 Å². The third-order valence-corrected chi connectivity index (χ3v) is 0.445. The summed E-state index contributed by atoms with van der Waals surface area (Å²) in [6.45, 7) is -0.789. The Bertz CT molecular complexity index is 168. The van der Waals surface area contributed by atoms with Crippen molar-refractivity contribution in [1.82, 2.24) is 0 Å². The second kappa shape index (κ2) is 8.61. The van der Waals surface area contributed by atoms with E-state index in [1.165, 1.54) is 0 Å². The minimum Gasteiger partial charge on any atom is -0.822 e. The minimum atomic E-state index is -5.39. The Balaban J connectivity index is -0.000000150. The van der Waals surface area contributed by atoms with Gasteiger partial charge in [-0.2, -0.15) is 7.82 Å². The molecule has 0 fully saturated rings. The van der Waals surface area contributed by atoms with Crippen LogP contribution in [0.3, 0.4) is 0 Å². The van der Waals surface area contributed by atoms with Crippen molar-refractivity contribution in [1.29, 1.82) is 0 Å². The van der Waals surface area contributed by atoms with E-state index in [0.29, 0.717) is 0 Å². The Kier molecular flexibility index (Phi) is 12.4. The summed E-state index contributed by atoms with van der Waals surface area (Å²) in [6.07, 6.45) is -1.74. The zero-order valence-corrected chi connectivity index (χ0v) is 7.71. The quantitative estimate of drug-likeness (QED) is 0.367. The fourth-order valence-corrected chi connectivity index (χ4v) is 0.0745. The summed E-state index contributed by atoms with van der Waals surface area (Å²) in [4.78, 5) is 35.1.